The largest absolute Gasteiger partial charge is 0.392 e. The molecule has 0 radical (unpaired) electrons. The van der Waals surface area contributed by atoms with Crippen LogP contribution in [0.25, 0.3) is 0 Å². The van der Waals surface area contributed by atoms with Crippen LogP contribution in [0.4, 0.5) is 0 Å². The first-order chi connectivity index (χ1) is 6.74. The number of aryl methyl sites for hydroxylation is 1. The average Bonchev–Trinajstić information content (AvgIpc) is 2.51. The molecular weight excluding hydrogens is 178 g/mol. The van der Waals surface area contributed by atoms with Crippen LogP contribution in [-0.4, -0.2) is 39.0 Å². The van der Waals surface area contributed by atoms with Gasteiger partial charge in [-0.05, 0) is 19.4 Å². The molecule has 0 amide bonds. The van der Waals surface area contributed by atoms with Gasteiger partial charge in [0.05, 0.1) is 12.3 Å². The van der Waals surface area contributed by atoms with E-state index in [1.165, 1.54) is 5.56 Å². The van der Waals surface area contributed by atoms with Gasteiger partial charge in [-0.25, -0.2) is 0 Å². The van der Waals surface area contributed by atoms with E-state index in [1.54, 1.807) is 0 Å². The molecule has 0 bridgehead atoms. The van der Waals surface area contributed by atoms with E-state index in [2.05, 4.69) is 10.00 Å². The zero-order valence-corrected chi connectivity index (χ0v) is 8.56. The molecule has 1 unspecified atom stereocenters. The second-order valence-corrected chi connectivity index (χ2v) is 4.05. The highest BCUT2D eigenvalue weighted by Gasteiger charge is 2.17. The van der Waals surface area contributed by atoms with Crippen molar-refractivity contribution in [1.82, 2.24) is 14.7 Å². The molecule has 78 valence electrons. The summed E-state index contributed by atoms with van der Waals surface area (Å²) in [7, 11) is 1.93. The van der Waals surface area contributed by atoms with Gasteiger partial charge in [0.15, 0.2) is 0 Å². The molecule has 1 aliphatic rings. The minimum atomic E-state index is -0.138. The third kappa shape index (κ3) is 2.33. The van der Waals surface area contributed by atoms with Crippen LogP contribution in [0, 0.1) is 0 Å². The molecule has 1 aliphatic heterocycles. The Morgan fingerprint density at radius 2 is 2.50 bits per heavy atom. The number of piperidine rings is 1. The zero-order valence-electron chi connectivity index (χ0n) is 8.56. The molecule has 1 aromatic rings. The van der Waals surface area contributed by atoms with Crippen molar-refractivity contribution in [3.63, 3.8) is 0 Å². The Hall–Kier alpha value is -0.870. The lowest BCUT2D eigenvalue weighted by molar-refractivity contribution is 0.0668. The molecular formula is C10H17N3O. The summed E-state index contributed by atoms with van der Waals surface area (Å²) in [5, 5.41) is 13.6. The molecule has 0 aromatic carbocycles. The van der Waals surface area contributed by atoms with E-state index in [4.69, 9.17) is 0 Å². The summed E-state index contributed by atoms with van der Waals surface area (Å²) in [5.41, 5.74) is 1.22. The molecule has 0 aliphatic carbocycles. The molecule has 1 atom stereocenters. The number of nitrogens with zero attached hydrogens (tertiary/aromatic N) is 3. The highest BCUT2D eigenvalue weighted by Crippen LogP contribution is 2.12. The highest BCUT2D eigenvalue weighted by molar-refractivity contribution is 5.03. The predicted octanol–water partition coefficient (Wildman–Crippen LogP) is 0.377. The van der Waals surface area contributed by atoms with E-state index < -0.39 is 0 Å². The van der Waals surface area contributed by atoms with Crippen molar-refractivity contribution in [2.24, 2.45) is 7.05 Å². The van der Waals surface area contributed by atoms with Crippen molar-refractivity contribution in [1.29, 1.82) is 0 Å². The fraction of sp³-hybridized carbons (Fsp3) is 0.700. The minimum Gasteiger partial charge on any atom is -0.392 e. The fourth-order valence-electron chi connectivity index (χ4n) is 1.99. The van der Waals surface area contributed by atoms with E-state index >= 15 is 0 Å². The Balaban J connectivity index is 1.90. The quantitative estimate of drug-likeness (QED) is 0.741. The van der Waals surface area contributed by atoms with Gasteiger partial charge in [0.1, 0.15) is 0 Å². The minimum absolute atomic E-state index is 0.138. The second-order valence-electron chi connectivity index (χ2n) is 4.05. The van der Waals surface area contributed by atoms with Gasteiger partial charge in [-0.2, -0.15) is 5.10 Å². The van der Waals surface area contributed by atoms with Crippen molar-refractivity contribution in [3.05, 3.63) is 18.0 Å². The van der Waals surface area contributed by atoms with Crippen LogP contribution < -0.4 is 0 Å². The molecule has 0 spiro atoms. The van der Waals surface area contributed by atoms with Crippen LogP contribution in [0.1, 0.15) is 18.4 Å². The average molecular weight is 195 g/mol. The summed E-state index contributed by atoms with van der Waals surface area (Å²) in [6.07, 6.45) is 5.83. The number of aromatic nitrogens is 2. The lowest BCUT2D eigenvalue weighted by Gasteiger charge is -2.29. The molecule has 2 heterocycles. The van der Waals surface area contributed by atoms with Gasteiger partial charge in [0, 0.05) is 31.9 Å². The van der Waals surface area contributed by atoms with E-state index in [0.717, 1.165) is 32.5 Å². The number of likely N-dealkylation sites (tertiary alicyclic amines) is 1. The van der Waals surface area contributed by atoms with E-state index in [1.807, 2.05) is 24.1 Å². The monoisotopic (exact) mass is 195 g/mol. The number of rotatable bonds is 2. The third-order valence-electron chi connectivity index (χ3n) is 2.65. The Bertz CT molecular complexity index is 297. The van der Waals surface area contributed by atoms with Gasteiger partial charge in [-0.15, -0.1) is 0 Å². The van der Waals surface area contributed by atoms with Crippen LogP contribution in [-0.2, 0) is 13.6 Å². The van der Waals surface area contributed by atoms with Gasteiger partial charge in [0.2, 0.25) is 0 Å². The molecule has 4 nitrogen and oxygen atoms in total. The van der Waals surface area contributed by atoms with Gasteiger partial charge < -0.3 is 5.11 Å². The predicted molar refractivity (Wildman–Crippen MR) is 53.7 cm³/mol. The molecule has 1 saturated heterocycles. The molecule has 14 heavy (non-hydrogen) atoms. The van der Waals surface area contributed by atoms with Crippen LogP contribution >= 0.6 is 0 Å². The summed E-state index contributed by atoms with van der Waals surface area (Å²) in [4.78, 5) is 2.28. The maximum absolute atomic E-state index is 9.50. The Labute approximate surface area is 84.1 Å². The Morgan fingerprint density at radius 3 is 3.14 bits per heavy atom. The highest BCUT2D eigenvalue weighted by atomic mass is 16.3. The maximum Gasteiger partial charge on any atom is 0.0667 e. The van der Waals surface area contributed by atoms with E-state index in [9.17, 15) is 5.11 Å². The van der Waals surface area contributed by atoms with Gasteiger partial charge in [0.25, 0.3) is 0 Å². The first kappa shape index (κ1) is 9.68. The lowest BCUT2D eigenvalue weighted by Crippen LogP contribution is -2.37. The third-order valence-corrected chi connectivity index (χ3v) is 2.65. The fourth-order valence-corrected chi connectivity index (χ4v) is 1.99. The first-order valence-electron chi connectivity index (χ1n) is 5.12. The number of aliphatic hydroxyl groups is 1. The SMILES string of the molecule is Cn1cc(CN2CCCC(O)C2)cn1. The lowest BCUT2D eigenvalue weighted by atomic mass is 10.1. The maximum atomic E-state index is 9.50. The number of β-amino-alcohol motifs (C(OH)–C–C–N with tert-alkyl or cyclic N) is 1. The summed E-state index contributed by atoms with van der Waals surface area (Å²) in [5.74, 6) is 0. The first-order valence-corrected chi connectivity index (χ1v) is 5.12. The van der Waals surface area contributed by atoms with Gasteiger partial charge in [-0.3, -0.25) is 9.58 Å². The summed E-state index contributed by atoms with van der Waals surface area (Å²) < 4.78 is 1.82. The van der Waals surface area contributed by atoms with Crippen LogP contribution in [0.5, 0.6) is 0 Å². The van der Waals surface area contributed by atoms with Crippen LogP contribution in [0.15, 0.2) is 12.4 Å². The van der Waals surface area contributed by atoms with Crippen molar-refractivity contribution in [2.75, 3.05) is 13.1 Å². The topological polar surface area (TPSA) is 41.3 Å². The Kier molecular flexibility index (Phi) is 2.84. The second kappa shape index (κ2) is 4.11. The zero-order chi connectivity index (χ0) is 9.97. The van der Waals surface area contributed by atoms with Gasteiger partial charge >= 0.3 is 0 Å². The summed E-state index contributed by atoms with van der Waals surface area (Å²) in [6.45, 7) is 2.80. The number of aliphatic hydroxyl groups excluding tert-OH is 1. The standard InChI is InChI=1S/C10H17N3O/c1-12-6-9(5-11-12)7-13-4-2-3-10(14)8-13/h5-6,10,14H,2-4,7-8H2,1H3. The number of hydrogen-bond acceptors (Lipinski definition) is 3. The van der Waals surface area contributed by atoms with Crippen molar-refractivity contribution >= 4 is 0 Å². The van der Waals surface area contributed by atoms with E-state index in [-0.39, 0.29) is 6.10 Å². The molecule has 2 rings (SSSR count). The van der Waals surface area contributed by atoms with Gasteiger partial charge in [-0.1, -0.05) is 0 Å². The molecule has 0 saturated carbocycles. The molecule has 1 N–H and O–H groups in total. The van der Waals surface area contributed by atoms with Crippen molar-refractivity contribution in [2.45, 2.75) is 25.5 Å². The number of hydrogen-bond donors (Lipinski definition) is 1. The van der Waals surface area contributed by atoms with Crippen molar-refractivity contribution < 1.29 is 5.11 Å². The Morgan fingerprint density at radius 1 is 1.64 bits per heavy atom. The van der Waals surface area contributed by atoms with Crippen LogP contribution in [0.2, 0.25) is 0 Å². The van der Waals surface area contributed by atoms with Crippen molar-refractivity contribution in [3.8, 4) is 0 Å². The summed E-state index contributed by atoms with van der Waals surface area (Å²) >= 11 is 0. The smallest absolute Gasteiger partial charge is 0.0667 e. The molecule has 1 fully saturated rings. The van der Waals surface area contributed by atoms with Crippen LogP contribution in [0.3, 0.4) is 0 Å². The van der Waals surface area contributed by atoms with E-state index in [0.29, 0.717) is 0 Å². The summed E-state index contributed by atoms with van der Waals surface area (Å²) in [6, 6.07) is 0. The molecule has 4 heteroatoms. The molecule has 1 aromatic heterocycles. The normalized spacial score (nSPS) is 24.0.